The Labute approximate surface area is 195 Å². The van der Waals surface area contributed by atoms with Crippen molar-refractivity contribution in [2.75, 3.05) is 26.0 Å². The Morgan fingerprint density at radius 3 is 2.59 bits per heavy atom. The maximum absolute atomic E-state index is 13.6. The minimum atomic E-state index is -2.62. The first-order chi connectivity index (χ1) is 16.0. The highest BCUT2D eigenvalue weighted by Crippen LogP contribution is 2.53. The van der Waals surface area contributed by atoms with Gasteiger partial charge in [0, 0.05) is 29.3 Å². The standard InChI is InChI=1S/C24H27N3O7/c1-27(2)17-12-7-9-6-10-8-13-11(4-3-5-26-13)18(28)14(10)19(29)15(9)21(31)24(12,34)22(32)16(20(17)30)23(25)33/h8-9,12,17,26,28,30-31,34H,3-7H2,1-2H3,(H2,25,33)/t9-,12-,17-,24-/m0/s1. The number of carbonyl (C=O) groups excluding carboxylic acids is 3. The first-order valence-corrected chi connectivity index (χ1v) is 11.3. The van der Waals surface area contributed by atoms with Gasteiger partial charge in [-0.3, -0.25) is 19.3 Å². The van der Waals surface area contributed by atoms with Crippen molar-refractivity contribution in [3.63, 3.8) is 0 Å². The van der Waals surface area contributed by atoms with Crippen molar-refractivity contribution in [3.8, 4) is 5.75 Å². The van der Waals surface area contributed by atoms with Crippen LogP contribution in [0.1, 0.15) is 34.3 Å². The highest BCUT2D eigenvalue weighted by molar-refractivity contribution is 6.24. The molecular formula is C24H27N3O7. The van der Waals surface area contributed by atoms with E-state index in [-0.39, 0.29) is 29.7 Å². The van der Waals surface area contributed by atoms with E-state index in [0.29, 0.717) is 17.5 Å². The number of rotatable bonds is 2. The van der Waals surface area contributed by atoms with E-state index in [0.717, 1.165) is 18.7 Å². The Hall–Kier alpha value is -3.37. The fraction of sp³-hybridized carbons (Fsp3) is 0.458. The van der Waals surface area contributed by atoms with E-state index >= 15 is 0 Å². The summed E-state index contributed by atoms with van der Waals surface area (Å²) in [5.74, 6) is -6.30. The van der Waals surface area contributed by atoms with Crippen LogP contribution in [0.3, 0.4) is 0 Å². The number of ketones is 2. The van der Waals surface area contributed by atoms with E-state index in [1.54, 1.807) is 14.1 Å². The number of hydrogen-bond acceptors (Lipinski definition) is 9. The number of phenols is 1. The number of benzene rings is 1. The van der Waals surface area contributed by atoms with Crippen LogP contribution >= 0.6 is 0 Å². The van der Waals surface area contributed by atoms with Crippen molar-refractivity contribution in [2.45, 2.75) is 37.3 Å². The lowest BCUT2D eigenvalue weighted by atomic mass is 9.58. The molecule has 180 valence electrons. The highest BCUT2D eigenvalue weighted by atomic mass is 16.3. The fourth-order valence-corrected chi connectivity index (χ4v) is 6.25. The van der Waals surface area contributed by atoms with Crippen molar-refractivity contribution in [3.05, 3.63) is 45.4 Å². The molecule has 0 saturated heterocycles. The summed E-state index contributed by atoms with van der Waals surface area (Å²) in [7, 11) is 3.20. The number of Topliss-reactive ketones (excluding diaryl/α,β-unsaturated/α-hetero) is 2. The lowest BCUT2D eigenvalue weighted by molar-refractivity contribution is -0.148. The van der Waals surface area contributed by atoms with Crippen LogP contribution in [0.4, 0.5) is 5.69 Å². The summed E-state index contributed by atoms with van der Waals surface area (Å²) in [5.41, 5.74) is 3.83. The van der Waals surface area contributed by atoms with Crippen LogP contribution in [0.15, 0.2) is 28.7 Å². The van der Waals surface area contributed by atoms with Crippen LogP contribution in [0.25, 0.3) is 0 Å². The number of aromatic hydroxyl groups is 1. The Balaban J connectivity index is 1.71. The van der Waals surface area contributed by atoms with Crippen LogP contribution in [-0.2, 0) is 22.4 Å². The lowest BCUT2D eigenvalue weighted by Crippen LogP contribution is -2.63. The van der Waals surface area contributed by atoms with Crippen LogP contribution in [0.2, 0.25) is 0 Å². The molecule has 5 rings (SSSR count). The summed E-state index contributed by atoms with van der Waals surface area (Å²) in [4.78, 5) is 40.4. The Morgan fingerprint density at radius 1 is 1.24 bits per heavy atom. The molecule has 0 aromatic heterocycles. The SMILES string of the molecule is CN(C)[C@@H]1C(O)=C(C(N)=O)C(=O)[C@@]2(O)C(O)=C3C(=O)c4c(cc5c(c4O)CCCN5)C[C@H]3C[C@@H]12. The number of aliphatic hydroxyl groups is 3. The van der Waals surface area contributed by atoms with E-state index in [2.05, 4.69) is 5.32 Å². The minimum absolute atomic E-state index is 0.0585. The van der Waals surface area contributed by atoms with Gasteiger partial charge in [-0.25, -0.2) is 0 Å². The predicted molar refractivity (Wildman–Crippen MR) is 120 cm³/mol. The van der Waals surface area contributed by atoms with Gasteiger partial charge in [0.05, 0.1) is 11.6 Å². The van der Waals surface area contributed by atoms with E-state index in [4.69, 9.17) is 5.73 Å². The Morgan fingerprint density at radius 2 is 1.94 bits per heavy atom. The molecule has 1 amide bonds. The molecule has 0 radical (unpaired) electrons. The normalized spacial score (nSPS) is 30.4. The third-order valence-corrected chi connectivity index (χ3v) is 7.74. The number of anilines is 1. The number of fused-ring (bicyclic) bond motifs is 4. The molecule has 4 aliphatic rings. The van der Waals surface area contributed by atoms with E-state index in [9.17, 15) is 34.8 Å². The molecule has 0 saturated carbocycles. The molecule has 0 fully saturated rings. The topological polar surface area (TPSA) is 173 Å². The summed E-state index contributed by atoms with van der Waals surface area (Å²) in [6.07, 6.45) is 1.75. The third kappa shape index (κ3) is 2.72. The monoisotopic (exact) mass is 469 g/mol. The average molecular weight is 469 g/mol. The summed E-state index contributed by atoms with van der Waals surface area (Å²) in [6.45, 7) is 0.754. The number of nitrogens with zero attached hydrogens (tertiary/aromatic N) is 1. The van der Waals surface area contributed by atoms with Crippen molar-refractivity contribution < 1.29 is 34.8 Å². The van der Waals surface area contributed by atoms with Gasteiger partial charge in [0.15, 0.2) is 11.4 Å². The molecule has 34 heavy (non-hydrogen) atoms. The summed E-state index contributed by atoms with van der Waals surface area (Å²) in [5, 5.41) is 47.8. The van der Waals surface area contributed by atoms with Crippen LogP contribution in [0.5, 0.6) is 5.75 Å². The second kappa shape index (κ2) is 7.31. The van der Waals surface area contributed by atoms with Gasteiger partial charge in [-0.15, -0.1) is 0 Å². The van der Waals surface area contributed by atoms with Crippen molar-refractivity contribution in [2.24, 2.45) is 17.6 Å². The van der Waals surface area contributed by atoms with Gasteiger partial charge < -0.3 is 31.5 Å². The first kappa shape index (κ1) is 22.4. The number of hydrogen-bond donors (Lipinski definition) is 6. The molecule has 0 spiro atoms. The lowest BCUT2D eigenvalue weighted by Gasteiger charge is -2.50. The molecule has 1 aromatic carbocycles. The van der Waals surface area contributed by atoms with Crippen LogP contribution < -0.4 is 11.1 Å². The summed E-state index contributed by atoms with van der Waals surface area (Å²) in [6, 6.07) is 0.845. The molecule has 1 aliphatic heterocycles. The van der Waals surface area contributed by atoms with E-state index < -0.39 is 58.0 Å². The summed E-state index contributed by atoms with van der Waals surface area (Å²) < 4.78 is 0. The smallest absolute Gasteiger partial charge is 0.255 e. The zero-order chi connectivity index (χ0) is 24.7. The third-order valence-electron chi connectivity index (χ3n) is 7.74. The van der Waals surface area contributed by atoms with Crippen molar-refractivity contribution in [1.29, 1.82) is 0 Å². The first-order valence-electron chi connectivity index (χ1n) is 11.3. The molecule has 10 heteroatoms. The largest absolute Gasteiger partial charge is 0.510 e. The number of allylic oxidation sites excluding steroid dienone is 1. The van der Waals surface area contributed by atoms with Gasteiger partial charge in [0.2, 0.25) is 5.78 Å². The minimum Gasteiger partial charge on any atom is -0.510 e. The second-order valence-corrected chi connectivity index (χ2v) is 9.78. The number of nitrogens with two attached hydrogens (primary N) is 1. The Bertz CT molecular complexity index is 1230. The van der Waals surface area contributed by atoms with Gasteiger partial charge in [0.1, 0.15) is 22.8 Å². The van der Waals surface area contributed by atoms with Crippen molar-refractivity contribution >= 4 is 23.2 Å². The number of nitrogens with one attached hydrogen (secondary N) is 1. The second-order valence-electron chi connectivity index (χ2n) is 9.78. The van der Waals surface area contributed by atoms with Crippen LogP contribution in [-0.4, -0.2) is 75.1 Å². The fourth-order valence-electron chi connectivity index (χ4n) is 6.25. The number of amides is 1. The number of primary amides is 1. The number of carbonyl (C=O) groups is 3. The molecule has 10 nitrogen and oxygen atoms in total. The Kier molecular flexibility index (Phi) is 4.82. The average Bonchev–Trinajstić information content (AvgIpc) is 2.76. The predicted octanol–water partition coefficient (Wildman–Crippen LogP) is 0.479. The van der Waals surface area contributed by atoms with Gasteiger partial charge in [-0.1, -0.05) is 0 Å². The quantitative estimate of drug-likeness (QED) is 0.337. The van der Waals surface area contributed by atoms with Crippen molar-refractivity contribution in [1.82, 2.24) is 4.90 Å². The molecule has 7 N–H and O–H groups in total. The number of likely N-dealkylation sites (N-methyl/N-ethyl adjacent to an activating group) is 1. The van der Waals surface area contributed by atoms with E-state index in [1.165, 1.54) is 4.90 Å². The highest BCUT2D eigenvalue weighted by Gasteiger charge is 2.63. The zero-order valence-electron chi connectivity index (χ0n) is 18.9. The van der Waals surface area contributed by atoms with Gasteiger partial charge in [-0.2, -0.15) is 0 Å². The summed E-state index contributed by atoms with van der Waals surface area (Å²) >= 11 is 0. The van der Waals surface area contributed by atoms with Gasteiger partial charge in [0.25, 0.3) is 5.91 Å². The molecular weight excluding hydrogens is 442 g/mol. The van der Waals surface area contributed by atoms with Crippen LogP contribution in [0, 0.1) is 11.8 Å². The molecule has 0 unspecified atom stereocenters. The zero-order valence-corrected chi connectivity index (χ0v) is 18.9. The molecule has 3 aliphatic carbocycles. The number of aliphatic hydroxyl groups excluding tert-OH is 2. The molecule has 4 atom stereocenters. The van der Waals surface area contributed by atoms with Gasteiger partial charge in [-0.05, 0) is 57.3 Å². The maximum atomic E-state index is 13.6. The number of phenolic OH excluding ortho intramolecular Hbond substituents is 1. The molecule has 1 aromatic rings. The molecule has 1 heterocycles. The maximum Gasteiger partial charge on any atom is 0.255 e. The molecule has 0 bridgehead atoms. The van der Waals surface area contributed by atoms with Gasteiger partial charge >= 0.3 is 0 Å². The van der Waals surface area contributed by atoms with E-state index in [1.807, 2.05) is 6.07 Å².